The largest absolute Gasteiger partial charge is 0.496 e. The molecule has 1 unspecified atom stereocenters. The van der Waals surface area contributed by atoms with E-state index in [-0.39, 0.29) is 5.60 Å². The molecule has 1 aromatic rings. The van der Waals surface area contributed by atoms with Gasteiger partial charge in [0.05, 0.1) is 28.7 Å². The topological polar surface area (TPSA) is 48.0 Å². The Bertz CT molecular complexity index is 532. The second-order valence-corrected chi connectivity index (χ2v) is 7.52. The van der Waals surface area contributed by atoms with E-state index in [0.29, 0.717) is 25.4 Å². The highest BCUT2D eigenvalue weighted by atomic mass is 79.9. The van der Waals surface area contributed by atoms with Gasteiger partial charge in [0.2, 0.25) is 0 Å². The van der Waals surface area contributed by atoms with Crippen molar-refractivity contribution in [3.05, 3.63) is 22.7 Å². The van der Waals surface area contributed by atoms with Crippen molar-refractivity contribution in [3.63, 3.8) is 0 Å². The van der Waals surface area contributed by atoms with Crippen molar-refractivity contribution in [2.75, 3.05) is 41.0 Å². The summed E-state index contributed by atoms with van der Waals surface area (Å²) < 4.78 is 31.7. The molecule has 0 spiro atoms. The van der Waals surface area contributed by atoms with E-state index in [9.17, 15) is 4.21 Å². The van der Waals surface area contributed by atoms with E-state index in [0.717, 1.165) is 22.2 Å². The molecule has 0 bridgehead atoms. The van der Waals surface area contributed by atoms with E-state index in [2.05, 4.69) is 15.9 Å². The van der Waals surface area contributed by atoms with E-state index >= 15 is 0 Å². The zero-order valence-corrected chi connectivity index (χ0v) is 15.5. The fraction of sp³-hybridized carbons (Fsp3) is 0.600. The van der Waals surface area contributed by atoms with Crippen LogP contribution >= 0.6 is 15.9 Å². The Morgan fingerprint density at radius 2 is 1.95 bits per heavy atom. The van der Waals surface area contributed by atoms with E-state index in [1.54, 1.807) is 21.3 Å². The van der Waals surface area contributed by atoms with Crippen molar-refractivity contribution in [3.8, 4) is 5.75 Å². The van der Waals surface area contributed by atoms with Gasteiger partial charge in [0, 0.05) is 27.3 Å². The van der Waals surface area contributed by atoms with E-state index < -0.39 is 11.0 Å². The minimum atomic E-state index is -1.22. The van der Waals surface area contributed by atoms with Crippen LogP contribution in [0.25, 0.3) is 0 Å². The van der Waals surface area contributed by atoms with Gasteiger partial charge < -0.3 is 14.2 Å². The number of ether oxygens (including phenoxy) is 3. The molecule has 1 fully saturated rings. The number of hydrogen-bond acceptors (Lipinski definition) is 4. The second kappa shape index (κ2) is 7.88. The summed E-state index contributed by atoms with van der Waals surface area (Å²) in [6.07, 6.45) is 1.59. The third-order valence-corrected chi connectivity index (χ3v) is 6.68. The van der Waals surface area contributed by atoms with Gasteiger partial charge in [-0.25, -0.2) is 8.51 Å². The summed E-state index contributed by atoms with van der Waals surface area (Å²) in [6, 6.07) is 5.55. The summed E-state index contributed by atoms with van der Waals surface area (Å²) in [5.74, 6) is 0.688. The van der Waals surface area contributed by atoms with Crippen molar-refractivity contribution >= 4 is 26.9 Å². The van der Waals surface area contributed by atoms with Crippen LogP contribution in [0, 0.1) is 0 Å². The molecule has 0 radical (unpaired) electrons. The van der Waals surface area contributed by atoms with Crippen LogP contribution in [0.5, 0.6) is 5.75 Å². The molecular weight excluding hydrogens is 370 g/mol. The Morgan fingerprint density at radius 3 is 2.50 bits per heavy atom. The Hall–Kier alpha value is -0.470. The van der Waals surface area contributed by atoms with Gasteiger partial charge >= 0.3 is 0 Å². The molecule has 1 aliphatic heterocycles. The average Bonchev–Trinajstić information content (AvgIpc) is 2.55. The first kappa shape index (κ1) is 17.9. The molecule has 1 aliphatic rings. The van der Waals surface area contributed by atoms with Gasteiger partial charge in [-0.15, -0.1) is 0 Å². The Kier molecular flexibility index (Phi) is 6.40. The molecule has 124 valence electrons. The Morgan fingerprint density at radius 1 is 1.27 bits per heavy atom. The zero-order chi connectivity index (χ0) is 16.2. The van der Waals surface area contributed by atoms with E-state index in [1.165, 1.54) is 0 Å². The maximum atomic E-state index is 12.8. The number of piperidine rings is 1. The highest BCUT2D eigenvalue weighted by Gasteiger charge is 2.36. The third kappa shape index (κ3) is 3.71. The van der Waals surface area contributed by atoms with E-state index in [1.807, 2.05) is 22.5 Å². The highest BCUT2D eigenvalue weighted by Crippen LogP contribution is 2.33. The molecule has 2 rings (SSSR count). The first-order chi connectivity index (χ1) is 10.6. The summed E-state index contributed by atoms with van der Waals surface area (Å²) >= 11 is 3.48. The Balaban J connectivity index is 2.10. The molecule has 7 heteroatoms. The quantitative estimate of drug-likeness (QED) is 0.747. The molecule has 1 saturated heterocycles. The number of halogens is 1. The smallest absolute Gasteiger partial charge is 0.134 e. The predicted molar refractivity (Wildman–Crippen MR) is 89.5 cm³/mol. The molecular formula is C15H22BrNO4S. The van der Waals surface area contributed by atoms with Crippen LogP contribution in [0.1, 0.15) is 12.8 Å². The summed E-state index contributed by atoms with van der Waals surface area (Å²) in [6.45, 7) is 1.97. The highest BCUT2D eigenvalue weighted by molar-refractivity contribution is 9.10. The minimum absolute atomic E-state index is 0.263. The Labute approximate surface area is 142 Å². The van der Waals surface area contributed by atoms with Gasteiger partial charge in [-0.2, -0.15) is 0 Å². The van der Waals surface area contributed by atoms with Crippen molar-refractivity contribution in [1.82, 2.24) is 4.31 Å². The van der Waals surface area contributed by atoms with Gasteiger partial charge in [0.25, 0.3) is 0 Å². The van der Waals surface area contributed by atoms with Crippen molar-refractivity contribution in [2.24, 2.45) is 0 Å². The normalized spacial score (nSPS) is 19.8. The molecule has 22 heavy (non-hydrogen) atoms. The molecule has 0 aromatic heterocycles. The van der Waals surface area contributed by atoms with E-state index in [4.69, 9.17) is 14.2 Å². The van der Waals surface area contributed by atoms with Gasteiger partial charge in [-0.1, -0.05) is 6.07 Å². The number of methoxy groups -OCH3 is 3. The average molecular weight is 392 g/mol. The lowest BCUT2D eigenvalue weighted by atomic mass is 9.93. The van der Waals surface area contributed by atoms with Crippen molar-refractivity contribution in [1.29, 1.82) is 0 Å². The van der Waals surface area contributed by atoms with Gasteiger partial charge in [-0.3, -0.25) is 0 Å². The van der Waals surface area contributed by atoms with Crippen molar-refractivity contribution < 1.29 is 18.4 Å². The summed E-state index contributed by atoms with van der Waals surface area (Å²) in [5.41, 5.74) is -0.263. The van der Waals surface area contributed by atoms with Gasteiger partial charge in [0.1, 0.15) is 16.7 Å². The van der Waals surface area contributed by atoms with Crippen LogP contribution in [-0.4, -0.2) is 55.1 Å². The van der Waals surface area contributed by atoms with Gasteiger partial charge in [-0.05, 0) is 40.9 Å². The number of rotatable bonds is 6. The lowest BCUT2D eigenvalue weighted by Crippen LogP contribution is -2.48. The third-order valence-electron chi connectivity index (χ3n) is 4.04. The maximum absolute atomic E-state index is 12.8. The molecule has 0 aliphatic carbocycles. The predicted octanol–water partition coefficient (Wildman–Crippen LogP) is 2.61. The standard InChI is InChI=1S/C15H22BrNO4S/c1-19-11-15(21-3)7-9-17(10-8-15)22(18)13-6-4-5-12(20-2)14(13)16/h4-6H,7-11H2,1-3H3. The monoisotopic (exact) mass is 391 g/mol. The summed E-state index contributed by atoms with van der Waals surface area (Å²) in [5, 5.41) is 0. The fourth-order valence-electron chi connectivity index (χ4n) is 2.65. The molecule has 0 saturated carbocycles. The van der Waals surface area contributed by atoms with Gasteiger partial charge in [0.15, 0.2) is 0 Å². The van der Waals surface area contributed by atoms with Crippen LogP contribution in [0.4, 0.5) is 0 Å². The lowest BCUT2D eigenvalue weighted by Gasteiger charge is -2.39. The molecule has 5 nitrogen and oxygen atoms in total. The molecule has 1 heterocycles. The minimum Gasteiger partial charge on any atom is -0.496 e. The second-order valence-electron chi connectivity index (χ2n) is 5.27. The zero-order valence-electron chi connectivity index (χ0n) is 13.1. The van der Waals surface area contributed by atoms with Crippen molar-refractivity contribution in [2.45, 2.75) is 23.3 Å². The number of nitrogens with zero attached hydrogens (tertiary/aromatic N) is 1. The van der Waals surface area contributed by atoms with Crippen LogP contribution in [0.3, 0.4) is 0 Å². The van der Waals surface area contributed by atoms with Crippen LogP contribution in [0.15, 0.2) is 27.6 Å². The maximum Gasteiger partial charge on any atom is 0.134 e. The molecule has 1 aromatic carbocycles. The molecule has 1 atom stereocenters. The number of benzene rings is 1. The lowest BCUT2D eigenvalue weighted by molar-refractivity contribution is -0.0895. The number of hydrogen-bond donors (Lipinski definition) is 0. The fourth-order valence-corrected chi connectivity index (χ4v) is 4.74. The first-order valence-electron chi connectivity index (χ1n) is 7.10. The summed E-state index contributed by atoms with van der Waals surface area (Å²) in [7, 11) is 3.77. The SMILES string of the molecule is COCC1(OC)CCN(S(=O)c2cccc(OC)c2Br)CC1. The first-order valence-corrected chi connectivity index (χ1v) is 9.00. The van der Waals surface area contributed by atoms with Crippen LogP contribution < -0.4 is 4.74 Å². The molecule has 0 amide bonds. The van der Waals surface area contributed by atoms with Crippen LogP contribution in [0.2, 0.25) is 0 Å². The van der Waals surface area contributed by atoms with Crippen LogP contribution in [-0.2, 0) is 20.5 Å². The molecule has 0 N–H and O–H groups in total. The summed E-state index contributed by atoms with van der Waals surface area (Å²) in [4.78, 5) is 0.732.